The van der Waals surface area contributed by atoms with Crippen LogP contribution in [0.5, 0.6) is 0 Å². The van der Waals surface area contributed by atoms with Gasteiger partial charge in [-0.2, -0.15) is 0 Å². The second kappa shape index (κ2) is 12.3. The fourth-order valence-electron chi connectivity index (χ4n) is 7.04. The monoisotopic (exact) mass is 702 g/mol. The number of nitrogens with zero attached hydrogens (tertiary/aromatic N) is 2. The Morgan fingerprint density at radius 3 is 1.16 bits per heavy atom. The van der Waals surface area contributed by atoms with E-state index in [1.54, 1.807) is 13.8 Å². The maximum atomic E-state index is 15.8. The molecule has 4 aromatic carbocycles. The Morgan fingerprint density at radius 2 is 0.820 bits per heavy atom. The molecule has 4 aromatic rings. The summed E-state index contributed by atoms with van der Waals surface area (Å²) in [6.45, 7) is 6.49. The number of benzene rings is 4. The Bertz CT molecular complexity index is 2080. The number of rotatable bonds is 8. The molecular weight excluding hydrogens is 676 g/mol. The van der Waals surface area contributed by atoms with Crippen molar-refractivity contribution in [2.75, 3.05) is 4.90 Å². The van der Waals surface area contributed by atoms with Crippen LogP contribution in [0.2, 0.25) is 0 Å². The summed E-state index contributed by atoms with van der Waals surface area (Å²) >= 11 is 0. The highest BCUT2D eigenvalue weighted by Gasteiger charge is 2.45. The third-order valence-corrected chi connectivity index (χ3v) is 9.64. The molecule has 2 aliphatic heterocycles. The maximum absolute atomic E-state index is 15.8. The average Bonchev–Trinajstić information content (AvgIpc) is 3.10. The average molecular weight is 703 g/mol. The van der Waals surface area contributed by atoms with E-state index < -0.39 is 116 Å². The lowest BCUT2D eigenvalue weighted by Gasteiger charge is -2.35. The lowest BCUT2D eigenvalue weighted by atomic mass is 9.85. The van der Waals surface area contributed by atoms with Gasteiger partial charge in [0.2, 0.25) is 0 Å². The lowest BCUT2D eigenvalue weighted by Crippen LogP contribution is -2.47. The number of halogens is 8. The molecule has 0 bridgehead atoms. The Labute approximate surface area is 279 Å². The van der Waals surface area contributed by atoms with Crippen LogP contribution in [-0.4, -0.2) is 34.6 Å². The standard InChI is InChI=1S/C36H26F8N2O4/c1-5-13(6-2)19-24(37)26(39)22(27(40)25(19)38)23-28(41)30(43)32(31(44)29(23)42)46-35(49)17-11-9-15-20-16(10-12-18(21(17)20)36(46)50)34(48)45(33(15)47)14(7-3)8-4/h9-14H,5-8H2,1-4H3. The molecule has 6 nitrogen and oxygen atoms in total. The van der Waals surface area contributed by atoms with Crippen molar-refractivity contribution in [3.8, 4) is 11.1 Å². The zero-order chi connectivity index (χ0) is 36.7. The second-order valence-electron chi connectivity index (χ2n) is 12.0. The SMILES string of the molecule is CCC(CC)c1c(F)c(F)c(-c2c(F)c(F)c(N3C(=O)c4ccc5c6c(ccc(c46)C3=O)C(=O)N(C(CC)CC)C5=O)c(F)c2F)c(F)c1F. The number of hydrogen-bond donors (Lipinski definition) is 0. The fraction of sp³-hybridized carbons (Fsp3) is 0.278. The van der Waals surface area contributed by atoms with Gasteiger partial charge in [0.1, 0.15) is 5.69 Å². The van der Waals surface area contributed by atoms with Crippen LogP contribution in [0.25, 0.3) is 21.9 Å². The van der Waals surface area contributed by atoms with Crippen molar-refractivity contribution in [3.05, 3.63) is 98.6 Å². The van der Waals surface area contributed by atoms with Crippen LogP contribution >= 0.6 is 0 Å². The highest BCUT2D eigenvalue weighted by atomic mass is 19.2. The minimum atomic E-state index is -2.56. The Morgan fingerprint density at radius 1 is 0.480 bits per heavy atom. The van der Waals surface area contributed by atoms with Gasteiger partial charge in [-0.1, -0.05) is 27.7 Å². The van der Waals surface area contributed by atoms with Crippen LogP contribution < -0.4 is 4.90 Å². The largest absolute Gasteiger partial charge is 0.271 e. The summed E-state index contributed by atoms with van der Waals surface area (Å²) in [5.74, 6) is -24.3. The maximum Gasteiger partial charge on any atom is 0.266 e. The minimum Gasteiger partial charge on any atom is -0.271 e. The molecule has 2 heterocycles. The molecule has 0 atom stereocenters. The lowest BCUT2D eigenvalue weighted by molar-refractivity contribution is 0.0529. The van der Waals surface area contributed by atoms with Crippen molar-refractivity contribution < 1.29 is 54.3 Å². The van der Waals surface area contributed by atoms with Crippen molar-refractivity contribution in [3.63, 3.8) is 0 Å². The molecule has 260 valence electrons. The quantitative estimate of drug-likeness (QED) is 0.104. The Balaban J connectivity index is 1.53. The van der Waals surface area contributed by atoms with Gasteiger partial charge in [0.15, 0.2) is 46.5 Å². The van der Waals surface area contributed by atoms with Crippen LogP contribution in [0.1, 0.15) is 106 Å². The third-order valence-electron chi connectivity index (χ3n) is 9.64. The van der Waals surface area contributed by atoms with Gasteiger partial charge < -0.3 is 0 Å². The van der Waals surface area contributed by atoms with Crippen LogP contribution in [0, 0.1) is 46.5 Å². The van der Waals surface area contributed by atoms with Gasteiger partial charge >= 0.3 is 0 Å². The van der Waals surface area contributed by atoms with E-state index in [1.165, 1.54) is 13.8 Å². The molecule has 14 heteroatoms. The van der Waals surface area contributed by atoms with Gasteiger partial charge in [-0.25, -0.2) is 40.0 Å². The first-order valence-electron chi connectivity index (χ1n) is 15.8. The van der Waals surface area contributed by atoms with Crippen molar-refractivity contribution in [1.82, 2.24) is 4.90 Å². The van der Waals surface area contributed by atoms with Crippen LogP contribution in [0.4, 0.5) is 40.8 Å². The molecule has 0 aliphatic carbocycles. The van der Waals surface area contributed by atoms with E-state index in [2.05, 4.69) is 0 Å². The van der Waals surface area contributed by atoms with Crippen molar-refractivity contribution in [2.45, 2.75) is 65.3 Å². The van der Waals surface area contributed by atoms with Gasteiger partial charge in [0, 0.05) is 44.6 Å². The van der Waals surface area contributed by atoms with Crippen molar-refractivity contribution in [1.29, 1.82) is 0 Å². The van der Waals surface area contributed by atoms with Gasteiger partial charge in [-0.3, -0.25) is 24.1 Å². The normalized spacial score (nSPS) is 14.4. The molecular formula is C36H26F8N2O4. The summed E-state index contributed by atoms with van der Waals surface area (Å²) < 4.78 is 124. The smallest absolute Gasteiger partial charge is 0.266 e. The molecule has 0 saturated carbocycles. The zero-order valence-corrected chi connectivity index (χ0v) is 26.8. The predicted molar refractivity (Wildman–Crippen MR) is 165 cm³/mol. The third kappa shape index (κ3) is 4.52. The molecule has 0 saturated heterocycles. The molecule has 0 unspecified atom stereocenters. The van der Waals surface area contributed by atoms with Gasteiger partial charge in [0.25, 0.3) is 23.6 Å². The molecule has 4 amide bonds. The summed E-state index contributed by atoms with van der Waals surface area (Å²) in [6, 6.07) is 3.94. The molecule has 0 radical (unpaired) electrons. The fourth-order valence-corrected chi connectivity index (χ4v) is 7.04. The van der Waals surface area contributed by atoms with Crippen LogP contribution in [0.3, 0.4) is 0 Å². The summed E-state index contributed by atoms with van der Waals surface area (Å²) in [4.78, 5) is 55.3. The van der Waals surface area contributed by atoms with Crippen molar-refractivity contribution >= 4 is 40.1 Å². The molecule has 50 heavy (non-hydrogen) atoms. The molecule has 0 N–H and O–H groups in total. The number of imide groups is 2. The molecule has 0 spiro atoms. The summed E-state index contributed by atoms with van der Waals surface area (Å²) in [5, 5.41) is -0.304. The Kier molecular flexibility index (Phi) is 8.56. The summed E-state index contributed by atoms with van der Waals surface area (Å²) in [5.41, 5.74) is -8.23. The van der Waals surface area contributed by atoms with Crippen LogP contribution in [0.15, 0.2) is 24.3 Å². The van der Waals surface area contributed by atoms with E-state index in [0.717, 1.165) is 29.2 Å². The van der Waals surface area contributed by atoms with Crippen molar-refractivity contribution in [2.24, 2.45) is 0 Å². The second-order valence-corrected chi connectivity index (χ2v) is 12.0. The molecule has 2 aliphatic rings. The van der Waals surface area contributed by atoms with E-state index in [1.807, 2.05) is 0 Å². The van der Waals surface area contributed by atoms with Gasteiger partial charge in [0.05, 0.1) is 11.1 Å². The predicted octanol–water partition coefficient (Wildman–Crippen LogP) is 9.11. The highest BCUT2D eigenvalue weighted by Crippen LogP contribution is 2.45. The molecule has 0 aromatic heterocycles. The first-order valence-corrected chi connectivity index (χ1v) is 15.8. The first kappa shape index (κ1) is 34.7. The van der Waals surface area contributed by atoms with E-state index in [-0.39, 0.29) is 39.6 Å². The summed E-state index contributed by atoms with van der Waals surface area (Å²) in [6.07, 6.45) is 0.905. The molecule has 0 fully saturated rings. The number of hydrogen-bond acceptors (Lipinski definition) is 4. The first-order chi connectivity index (χ1) is 23.7. The zero-order valence-electron chi connectivity index (χ0n) is 26.8. The topological polar surface area (TPSA) is 74.8 Å². The Hall–Kier alpha value is -5.14. The molecule has 6 rings (SSSR count). The minimum absolute atomic E-state index is 0.0177. The highest BCUT2D eigenvalue weighted by molar-refractivity contribution is 6.39. The van der Waals surface area contributed by atoms with E-state index in [0.29, 0.717) is 12.8 Å². The number of anilines is 1. The number of carbonyl (C=O) groups excluding carboxylic acids is 4. The number of carbonyl (C=O) groups is 4. The number of amides is 4. The van der Waals surface area contributed by atoms with Crippen LogP contribution in [-0.2, 0) is 0 Å². The van der Waals surface area contributed by atoms with E-state index in [9.17, 15) is 19.2 Å². The van der Waals surface area contributed by atoms with E-state index in [4.69, 9.17) is 0 Å². The van der Waals surface area contributed by atoms with Gasteiger partial charge in [-0.05, 0) is 55.9 Å². The van der Waals surface area contributed by atoms with E-state index >= 15 is 35.1 Å². The van der Waals surface area contributed by atoms with Gasteiger partial charge in [-0.15, -0.1) is 0 Å². The summed E-state index contributed by atoms with van der Waals surface area (Å²) in [7, 11) is 0.